The Labute approximate surface area is 181 Å². The second kappa shape index (κ2) is 8.63. The maximum atomic E-state index is 11.4. The van der Waals surface area contributed by atoms with Crippen molar-refractivity contribution in [2.75, 3.05) is 23.7 Å². The first kappa shape index (κ1) is 20.7. The summed E-state index contributed by atoms with van der Waals surface area (Å²) < 4.78 is 0. The summed E-state index contributed by atoms with van der Waals surface area (Å²) >= 11 is 0. The van der Waals surface area contributed by atoms with Gasteiger partial charge in [0.15, 0.2) is 5.82 Å². The lowest BCUT2D eigenvalue weighted by molar-refractivity contribution is 0.0696. The highest BCUT2D eigenvalue weighted by Gasteiger charge is 2.26. The second-order valence-electron chi connectivity index (χ2n) is 7.87. The molecule has 1 saturated heterocycles. The highest BCUT2D eigenvalue weighted by Crippen LogP contribution is 2.36. The van der Waals surface area contributed by atoms with Gasteiger partial charge in [0.05, 0.1) is 16.9 Å². The summed E-state index contributed by atoms with van der Waals surface area (Å²) in [7, 11) is 0. The number of rotatable bonds is 5. The van der Waals surface area contributed by atoms with Crippen LogP contribution >= 0.6 is 0 Å². The lowest BCUT2D eigenvalue weighted by Gasteiger charge is -2.35. The van der Waals surface area contributed by atoms with Gasteiger partial charge in [-0.3, -0.25) is 0 Å². The van der Waals surface area contributed by atoms with Crippen LogP contribution in [0.4, 0.5) is 11.5 Å². The third-order valence-corrected chi connectivity index (χ3v) is 5.95. The van der Waals surface area contributed by atoms with E-state index in [-0.39, 0.29) is 11.7 Å². The first-order chi connectivity index (χ1) is 15.0. The van der Waals surface area contributed by atoms with E-state index in [9.17, 15) is 15.0 Å². The van der Waals surface area contributed by atoms with E-state index >= 15 is 0 Å². The van der Waals surface area contributed by atoms with E-state index in [1.807, 2.05) is 18.2 Å². The third-order valence-electron chi connectivity index (χ3n) is 5.95. The molecule has 7 heteroatoms. The van der Waals surface area contributed by atoms with Gasteiger partial charge < -0.3 is 20.8 Å². The molecule has 0 aliphatic carbocycles. The molecule has 2 aromatic carbocycles. The Hall–Kier alpha value is -3.61. The Bertz CT molecular complexity index is 1120. The fourth-order valence-electron chi connectivity index (χ4n) is 4.36. The molecule has 4 N–H and O–H groups in total. The van der Waals surface area contributed by atoms with Crippen LogP contribution in [0.15, 0.2) is 48.5 Å². The van der Waals surface area contributed by atoms with Crippen molar-refractivity contribution in [3.05, 3.63) is 65.2 Å². The number of hydrogen-bond acceptors (Lipinski definition) is 6. The van der Waals surface area contributed by atoms with E-state index < -0.39 is 5.97 Å². The van der Waals surface area contributed by atoms with Crippen molar-refractivity contribution in [2.24, 2.45) is 0 Å². The van der Waals surface area contributed by atoms with Crippen LogP contribution in [0, 0.1) is 0 Å². The van der Waals surface area contributed by atoms with Crippen LogP contribution in [0.3, 0.4) is 0 Å². The predicted octanol–water partition coefficient (Wildman–Crippen LogP) is 4.08. The van der Waals surface area contributed by atoms with Gasteiger partial charge in [0, 0.05) is 24.6 Å². The summed E-state index contributed by atoms with van der Waals surface area (Å²) in [6.07, 6.45) is 2.80. The Kier molecular flexibility index (Phi) is 5.75. The van der Waals surface area contributed by atoms with Gasteiger partial charge >= 0.3 is 5.97 Å². The molecule has 2 heterocycles. The molecule has 1 aromatic heterocycles. The van der Waals surface area contributed by atoms with Gasteiger partial charge in [-0.05, 0) is 60.7 Å². The van der Waals surface area contributed by atoms with Crippen LogP contribution < -0.4 is 10.6 Å². The van der Waals surface area contributed by atoms with Crippen LogP contribution in [-0.4, -0.2) is 39.5 Å². The number of nitrogens with zero attached hydrogens (tertiary/aromatic N) is 3. The van der Waals surface area contributed by atoms with Gasteiger partial charge in [0.2, 0.25) is 0 Å². The summed E-state index contributed by atoms with van der Waals surface area (Å²) in [5.41, 5.74) is 10.8. The molecule has 0 spiro atoms. The topological polar surface area (TPSA) is 113 Å². The SMILES string of the molecule is CCc1cc(C(=O)O)ccc1[C@H]1CCCN(c2cc(-c3ccccc3O)nnc2N)C1. The fraction of sp³-hybridized carbons (Fsp3) is 0.292. The minimum atomic E-state index is -0.904. The average molecular weight is 418 g/mol. The van der Waals surface area contributed by atoms with Crippen LogP contribution in [-0.2, 0) is 6.42 Å². The van der Waals surface area contributed by atoms with Crippen molar-refractivity contribution >= 4 is 17.5 Å². The zero-order valence-electron chi connectivity index (χ0n) is 17.5. The summed E-state index contributed by atoms with van der Waals surface area (Å²) in [6.45, 7) is 3.66. The molecule has 0 unspecified atom stereocenters. The second-order valence-corrected chi connectivity index (χ2v) is 7.87. The van der Waals surface area contributed by atoms with E-state index in [0.717, 1.165) is 43.6 Å². The average Bonchev–Trinajstić information content (AvgIpc) is 2.79. The van der Waals surface area contributed by atoms with Gasteiger partial charge in [-0.1, -0.05) is 25.1 Å². The number of aromatic hydroxyl groups is 1. The van der Waals surface area contributed by atoms with Gasteiger partial charge in [-0.25, -0.2) is 4.79 Å². The lowest BCUT2D eigenvalue weighted by atomic mass is 9.86. The quantitative estimate of drug-likeness (QED) is 0.572. The number of aryl methyl sites for hydroxylation is 1. The van der Waals surface area contributed by atoms with E-state index in [4.69, 9.17) is 5.73 Å². The molecule has 4 rings (SSSR count). The molecule has 7 nitrogen and oxygen atoms in total. The number of carbonyl (C=O) groups is 1. The zero-order valence-corrected chi connectivity index (χ0v) is 17.5. The number of phenolic OH excluding ortho intramolecular Hbond substituents is 1. The first-order valence-electron chi connectivity index (χ1n) is 10.5. The van der Waals surface area contributed by atoms with Crippen molar-refractivity contribution in [2.45, 2.75) is 32.1 Å². The molecule has 1 fully saturated rings. The zero-order chi connectivity index (χ0) is 22.0. The van der Waals surface area contributed by atoms with Crippen LogP contribution in [0.1, 0.15) is 47.2 Å². The Morgan fingerprint density at radius 1 is 1.19 bits per heavy atom. The van der Waals surface area contributed by atoms with E-state index in [1.54, 1.807) is 30.3 Å². The molecule has 0 saturated carbocycles. The van der Waals surface area contributed by atoms with Crippen LogP contribution in [0.5, 0.6) is 5.75 Å². The number of aromatic nitrogens is 2. The highest BCUT2D eigenvalue weighted by molar-refractivity contribution is 5.88. The number of aromatic carboxylic acids is 1. The maximum Gasteiger partial charge on any atom is 0.335 e. The minimum Gasteiger partial charge on any atom is -0.507 e. The van der Waals surface area contributed by atoms with E-state index in [2.05, 4.69) is 22.0 Å². The lowest BCUT2D eigenvalue weighted by Crippen LogP contribution is -2.35. The Morgan fingerprint density at radius 3 is 2.74 bits per heavy atom. The van der Waals surface area contributed by atoms with Crippen molar-refractivity contribution in [3.63, 3.8) is 0 Å². The monoisotopic (exact) mass is 418 g/mol. The number of carboxylic acids is 1. The molecule has 1 aliphatic heterocycles. The molecule has 0 bridgehead atoms. The number of nitrogen functional groups attached to an aromatic ring is 1. The number of para-hydroxylation sites is 1. The van der Waals surface area contributed by atoms with Gasteiger partial charge in [-0.15, -0.1) is 10.2 Å². The molecule has 0 amide bonds. The number of hydrogen-bond donors (Lipinski definition) is 3. The number of phenols is 1. The largest absolute Gasteiger partial charge is 0.507 e. The predicted molar refractivity (Wildman–Crippen MR) is 121 cm³/mol. The maximum absolute atomic E-state index is 11.4. The summed E-state index contributed by atoms with van der Waals surface area (Å²) in [6, 6.07) is 14.3. The van der Waals surface area contributed by atoms with E-state index in [1.165, 1.54) is 5.56 Å². The number of piperidine rings is 1. The number of benzene rings is 2. The first-order valence-corrected chi connectivity index (χ1v) is 10.5. The molecule has 0 radical (unpaired) electrons. The van der Waals surface area contributed by atoms with Crippen molar-refractivity contribution in [1.82, 2.24) is 10.2 Å². The summed E-state index contributed by atoms with van der Waals surface area (Å²) in [4.78, 5) is 13.6. The Balaban J connectivity index is 1.64. The summed E-state index contributed by atoms with van der Waals surface area (Å²) in [5.74, 6) is -0.126. The van der Waals surface area contributed by atoms with Crippen LogP contribution in [0.2, 0.25) is 0 Å². The van der Waals surface area contributed by atoms with Crippen LogP contribution in [0.25, 0.3) is 11.3 Å². The van der Waals surface area contributed by atoms with E-state index in [0.29, 0.717) is 22.6 Å². The van der Waals surface area contributed by atoms with Gasteiger partial charge in [0.1, 0.15) is 5.75 Å². The molecule has 31 heavy (non-hydrogen) atoms. The standard InChI is InChI=1S/C24H26N4O3/c1-2-15-12-16(24(30)31)9-10-18(15)17-6-5-11-28(14-17)21-13-20(26-27-23(21)25)19-7-3-4-8-22(19)29/h3-4,7-10,12-13,17,29H,2,5-6,11,14H2,1H3,(H2,25,27)(H,30,31)/t17-/m0/s1. The van der Waals surface area contributed by atoms with Crippen molar-refractivity contribution in [3.8, 4) is 17.0 Å². The number of anilines is 2. The molecule has 1 atom stereocenters. The fourth-order valence-corrected chi connectivity index (χ4v) is 4.36. The third kappa shape index (κ3) is 4.17. The minimum absolute atomic E-state index is 0.148. The number of nitrogens with two attached hydrogens (primary N) is 1. The van der Waals surface area contributed by atoms with Gasteiger partial charge in [-0.2, -0.15) is 0 Å². The molecule has 3 aromatic rings. The molecular weight excluding hydrogens is 392 g/mol. The Morgan fingerprint density at radius 2 is 2.00 bits per heavy atom. The molecule has 160 valence electrons. The van der Waals surface area contributed by atoms with Crippen molar-refractivity contribution < 1.29 is 15.0 Å². The summed E-state index contributed by atoms with van der Waals surface area (Å²) in [5, 5.41) is 27.8. The number of carboxylic acid groups (broad SMARTS) is 1. The normalized spacial score (nSPS) is 16.3. The van der Waals surface area contributed by atoms with Gasteiger partial charge in [0.25, 0.3) is 0 Å². The highest BCUT2D eigenvalue weighted by atomic mass is 16.4. The smallest absolute Gasteiger partial charge is 0.335 e. The molecular formula is C24H26N4O3. The molecule has 1 aliphatic rings. The van der Waals surface area contributed by atoms with Crippen molar-refractivity contribution in [1.29, 1.82) is 0 Å².